The fourth-order valence-electron chi connectivity index (χ4n) is 9.46. The number of benzene rings is 10. The zero-order valence-electron chi connectivity index (χ0n) is 33.2. The van der Waals surface area contributed by atoms with Crippen molar-refractivity contribution in [3.8, 4) is 39.1 Å². The normalized spacial score (nSPS) is 11.6. The summed E-state index contributed by atoms with van der Waals surface area (Å²) in [5, 5.41) is 7.19. The number of aromatic nitrogens is 1. The third-order valence-electron chi connectivity index (χ3n) is 12.2. The molecule has 0 saturated carbocycles. The van der Waals surface area contributed by atoms with Crippen LogP contribution in [0.5, 0.6) is 0 Å². The van der Waals surface area contributed by atoms with Crippen molar-refractivity contribution < 1.29 is 4.42 Å². The standard InChI is InChI=1S/C58H38N2O/c1-2-20-44-39(16-1)17-14-26-45(44)41-18-13-19-43(38-41)59(54-30-9-6-24-49(54)51-27-15-28-52-50-25-7-12-33-57(50)61-58(51)52)42-36-34-40(35-37-42)46-21-3-8-29-53(46)60-55-31-10-4-22-47(55)48-23-5-11-32-56(48)60/h1-38H. The van der Waals surface area contributed by atoms with Crippen LogP contribution in [0.2, 0.25) is 0 Å². The first kappa shape index (κ1) is 34.9. The van der Waals surface area contributed by atoms with E-state index < -0.39 is 0 Å². The summed E-state index contributed by atoms with van der Waals surface area (Å²) in [6, 6.07) is 82.9. The minimum absolute atomic E-state index is 0.887. The van der Waals surface area contributed by atoms with Gasteiger partial charge in [-0.1, -0.05) is 176 Å². The zero-order valence-corrected chi connectivity index (χ0v) is 33.2. The third kappa shape index (κ3) is 5.74. The second-order valence-electron chi connectivity index (χ2n) is 15.6. The molecule has 0 spiro atoms. The van der Waals surface area contributed by atoms with Gasteiger partial charge in [0.05, 0.1) is 22.4 Å². The molecule has 0 saturated heterocycles. The van der Waals surface area contributed by atoms with Gasteiger partial charge in [-0.2, -0.15) is 0 Å². The highest BCUT2D eigenvalue weighted by molar-refractivity contribution is 6.12. The summed E-state index contributed by atoms with van der Waals surface area (Å²) < 4.78 is 9.05. The van der Waals surface area contributed by atoms with Gasteiger partial charge >= 0.3 is 0 Å². The van der Waals surface area contributed by atoms with Gasteiger partial charge in [-0.15, -0.1) is 0 Å². The first-order valence-electron chi connectivity index (χ1n) is 20.8. The van der Waals surface area contributed by atoms with Gasteiger partial charge in [-0.05, 0) is 82.1 Å². The van der Waals surface area contributed by atoms with Gasteiger partial charge in [0, 0.05) is 49.6 Å². The van der Waals surface area contributed by atoms with Crippen molar-refractivity contribution >= 4 is 71.6 Å². The van der Waals surface area contributed by atoms with E-state index in [1.165, 1.54) is 43.7 Å². The predicted molar refractivity (Wildman–Crippen MR) is 257 cm³/mol. The summed E-state index contributed by atoms with van der Waals surface area (Å²) in [6.45, 7) is 0. The number of furan rings is 1. The maximum Gasteiger partial charge on any atom is 0.143 e. The molecule has 0 bridgehead atoms. The van der Waals surface area contributed by atoms with Crippen LogP contribution >= 0.6 is 0 Å². The van der Waals surface area contributed by atoms with Gasteiger partial charge in [-0.25, -0.2) is 0 Å². The molecular weight excluding hydrogens is 741 g/mol. The van der Waals surface area contributed by atoms with Crippen LogP contribution in [-0.2, 0) is 0 Å². The molecule has 0 aliphatic heterocycles. The number of fused-ring (bicyclic) bond motifs is 7. The smallest absolute Gasteiger partial charge is 0.143 e. The first-order chi connectivity index (χ1) is 30.3. The number of anilines is 3. The Kier molecular flexibility index (Phi) is 8.17. The van der Waals surface area contributed by atoms with E-state index in [-0.39, 0.29) is 0 Å². The molecule has 0 fully saturated rings. The SMILES string of the molecule is c1cc(-c2cccc3ccccc23)cc(N(c2ccc(-c3ccccc3-n3c4ccccc4c4ccccc43)cc2)c2ccccc2-c2cccc3c2oc2ccccc23)c1. The van der Waals surface area contributed by atoms with Crippen molar-refractivity contribution in [2.45, 2.75) is 0 Å². The van der Waals surface area contributed by atoms with Crippen molar-refractivity contribution in [3.63, 3.8) is 0 Å². The second kappa shape index (κ2) is 14.3. The topological polar surface area (TPSA) is 21.3 Å². The number of hydrogen-bond donors (Lipinski definition) is 0. The lowest BCUT2D eigenvalue weighted by Crippen LogP contribution is -2.11. The first-order valence-corrected chi connectivity index (χ1v) is 20.8. The molecule has 3 heteroatoms. The Morgan fingerprint density at radius 3 is 1.74 bits per heavy atom. The van der Waals surface area contributed by atoms with E-state index in [0.29, 0.717) is 0 Å². The van der Waals surface area contributed by atoms with Crippen LogP contribution in [0.3, 0.4) is 0 Å². The van der Waals surface area contributed by atoms with E-state index in [1.807, 2.05) is 6.07 Å². The van der Waals surface area contributed by atoms with Gasteiger partial charge in [0.15, 0.2) is 0 Å². The molecule has 0 atom stereocenters. The van der Waals surface area contributed by atoms with Crippen molar-refractivity contribution in [2.24, 2.45) is 0 Å². The lowest BCUT2D eigenvalue weighted by atomic mass is 9.96. The van der Waals surface area contributed by atoms with E-state index in [0.717, 1.165) is 66.9 Å². The molecule has 0 unspecified atom stereocenters. The fourth-order valence-corrected chi connectivity index (χ4v) is 9.46. The lowest BCUT2D eigenvalue weighted by Gasteiger charge is -2.28. The van der Waals surface area contributed by atoms with Gasteiger partial charge in [0.1, 0.15) is 11.2 Å². The Hall–Kier alpha value is -8.14. The largest absolute Gasteiger partial charge is 0.455 e. The van der Waals surface area contributed by atoms with Crippen LogP contribution in [-0.4, -0.2) is 4.57 Å². The Morgan fingerprint density at radius 2 is 0.918 bits per heavy atom. The fraction of sp³-hybridized carbons (Fsp3) is 0. The van der Waals surface area contributed by atoms with E-state index >= 15 is 0 Å². The van der Waals surface area contributed by atoms with Gasteiger partial charge in [0.25, 0.3) is 0 Å². The molecule has 12 aromatic rings. The molecule has 0 aliphatic carbocycles. The molecule has 12 rings (SSSR count). The van der Waals surface area contributed by atoms with E-state index in [9.17, 15) is 0 Å². The predicted octanol–water partition coefficient (Wildman–Crippen LogP) is 16.3. The average Bonchev–Trinajstić information content (AvgIpc) is 3.88. The highest BCUT2D eigenvalue weighted by Crippen LogP contribution is 2.46. The molecule has 0 N–H and O–H groups in total. The van der Waals surface area contributed by atoms with Crippen molar-refractivity contribution in [1.29, 1.82) is 0 Å². The van der Waals surface area contributed by atoms with E-state index in [1.54, 1.807) is 0 Å². The van der Waals surface area contributed by atoms with Crippen LogP contribution in [0.25, 0.3) is 93.6 Å². The van der Waals surface area contributed by atoms with Crippen molar-refractivity contribution in [1.82, 2.24) is 4.57 Å². The molecule has 2 heterocycles. The maximum atomic E-state index is 6.64. The van der Waals surface area contributed by atoms with Crippen LogP contribution in [0.15, 0.2) is 235 Å². The van der Waals surface area contributed by atoms with E-state index in [4.69, 9.17) is 4.42 Å². The summed E-state index contributed by atoms with van der Waals surface area (Å²) in [5.74, 6) is 0. The Labute approximate surface area is 353 Å². The minimum atomic E-state index is 0.887. The van der Waals surface area contributed by atoms with Gasteiger partial charge in [-0.3, -0.25) is 0 Å². The molecule has 0 aliphatic rings. The average molecular weight is 779 g/mol. The van der Waals surface area contributed by atoms with Crippen LogP contribution in [0, 0.1) is 0 Å². The highest BCUT2D eigenvalue weighted by atomic mass is 16.3. The number of nitrogens with zero attached hydrogens (tertiary/aromatic N) is 2. The van der Waals surface area contributed by atoms with Gasteiger partial charge < -0.3 is 13.9 Å². The summed E-state index contributed by atoms with van der Waals surface area (Å²) in [7, 11) is 0. The Morgan fingerprint density at radius 1 is 0.344 bits per heavy atom. The summed E-state index contributed by atoms with van der Waals surface area (Å²) >= 11 is 0. The van der Waals surface area contributed by atoms with Crippen molar-refractivity contribution in [2.75, 3.05) is 4.90 Å². The number of para-hydroxylation sites is 6. The number of rotatable bonds is 7. The molecule has 3 nitrogen and oxygen atoms in total. The monoisotopic (exact) mass is 778 g/mol. The minimum Gasteiger partial charge on any atom is -0.455 e. The molecule has 0 radical (unpaired) electrons. The van der Waals surface area contributed by atoms with Gasteiger partial charge in [0.2, 0.25) is 0 Å². The van der Waals surface area contributed by atoms with Crippen LogP contribution < -0.4 is 4.90 Å². The second-order valence-corrected chi connectivity index (χ2v) is 15.6. The van der Waals surface area contributed by atoms with Crippen LogP contribution in [0.1, 0.15) is 0 Å². The molecule has 2 aromatic heterocycles. The maximum absolute atomic E-state index is 6.64. The molecule has 286 valence electrons. The lowest BCUT2D eigenvalue weighted by molar-refractivity contribution is 0.670. The zero-order chi connectivity index (χ0) is 40.3. The molecule has 61 heavy (non-hydrogen) atoms. The van der Waals surface area contributed by atoms with E-state index in [2.05, 4.69) is 234 Å². The highest BCUT2D eigenvalue weighted by Gasteiger charge is 2.22. The summed E-state index contributed by atoms with van der Waals surface area (Å²) in [6.07, 6.45) is 0. The van der Waals surface area contributed by atoms with Crippen LogP contribution in [0.4, 0.5) is 17.1 Å². The van der Waals surface area contributed by atoms with Crippen molar-refractivity contribution in [3.05, 3.63) is 231 Å². The molecular formula is C58H38N2O. The third-order valence-corrected chi connectivity index (χ3v) is 12.2. The number of hydrogen-bond acceptors (Lipinski definition) is 2. The quantitative estimate of drug-likeness (QED) is 0.161. The molecule has 0 amide bonds. The summed E-state index contributed by atoms with van der Waals surface area (Å²) in [5.41, 5.74) is 15.3. The molecule has 10 aromatic carbocycles. The Balaban J connectivity index is 1.04. The Bertz CT molecular complexity index is 3550. The summed E-state index contributed by atoms with van der Waals surface area (Å²) in [4.78, 5) is 2.40.